The van der Waals surface area contributed by atoms with E-state index >= 15 is 0 Å². The third-order valence-electron chi connectivity index (χ3n) is 10.5. The number of allylic oxidation sites excluding steroid dienone is 1. The second kappa shape index (κ2) is 14.2. The number of hydrogen-bond acceptors (Lipinski definition) is 5. The molecule has 10 heteroatoms. The monoisotopic (exact) mass is 696 g/mol. The first-order chi connectivity index (χ1) is 24.2. The van der Waals surface area contributed by atoms with Crippen molar-refractivity contribution >= 4 is 45.4 Å². The van der Waals surface area contributed by atoms with Crippen LogP contribution in [0.2, 0.25) is 0 Å². The molecule has 1 aliphatic carbocycles. The summed E-state index contributed by atoms with van der Waals surface area (Å²) in [6.07, 6.45) is 10.1. The maximum absolute atomic E-state index is 14.2. The van der Waals surface area contributed by atoms with Crippen molar-refractivity contribution in [2.24, 2.45) is 0 Å². The molecule has 7 rings (SSSR count). The summed E-state index contributed by atoms with van der Waals surface area (Å²) in [5.74, 6) is 0.806. The zero-order chi connectivity index (χ0) is 35.1. The van der Waals surface area contributed by atoms with E-state index in [-0.39, 0.29) is 23.1 Å². The van der Waals surface area contributed by atoms with Crippen molar-refractivity contribution in [2.75, 3.05) is 33.4 Å². The molecular formula is C40H48N4O5S. The fourth-order valence-corrected chi connectivity index (χ4v) is 8.46. The van der Waals surface area contributed by atoms with Crippen LogP contribution < -0.4 is 9.46 Å². The first-order valence-corrected chi connectivity index (χ1v) is 19.2. The molecule has 0 spiro atoms. The molecule has 50 heavy (non-hydrogen) atoms. The van der Waals surface area contributed by atoms with Crippen LogP contribution in [0.1, 0.15) is 109 Å². The Kier molecular flexibility index (Phi) is 9.76. The molecule has 4 aromatic rings. The Morgan fingerprint density at radius 1 is 0.960 bits per heavy atom. The number of nitrogens with zero attached hydrogens (tertiary/aromatic N) is 3. The molecule has 1 unspecified atom stereocenters. The minimum absolute atomic E-state index is 0.0105. The summed E-state index contributed by atoms with van der Waals surface area (Å²) >= 11 is 0. The van der Waals surface area contributed by atoms with Crippen LogP contribution >= 0.6 is 0 Å². The van der Waals surface area contributed by atoms with Gasteiger partial charge in [0.15, 0.2) is 0 Å². The molecule has 264 valence electrons. The summed E-state index contributed by atoms with van der Waals surface area (Å²) < 4.78 is 31.2. The SMILES string of the molecule is COc1ccc2c(c1)C=C(c1c(C(=O)N3CCOCC3)ccn1C(C)C)Cn1c-2c(C2CCCCC2)c2ccc(C(=O)NS(=O)C(C)C)cc21. The van der Waals surface area contributed by atoms with Crippen molar-refractivity contribution < 1.29 is 23.3 Å². The quantitative estimate of drug-likeness (QED) is 0.205. The predicted octanol–water partition coefficient (Wildman–Crippen LogP) is 7.58. The Morgan fingerprint density at radius 2 is 1.72 bits per heavy atom. The number of ether oxygens (including phenoxy) is 2. The van der Waals surface area contributed by atoms with Crippen LogP contribution in [0.25, 0.3) is 33.8 Å². The van der Waals surface area contributed by atoms with Gasteiger partial charge in [0, 0.05) is 52.6 Å². The largest absolute Gasteiger partial charge is 0.497 e. The van der Waals surface area contributed by atoms with Gasteiger partial charge in [-0.3, -0.25) is 14.3 Å². The van der Waals surface area contributed by atoms with Gasteiger partial charge in [-0.2, -0.15) is 0 Å². The fourth-order valence-electron chi connectivity index (χ4n) is 7.92. The average Bonchev–Trinajstić information content (AvgIpc) is 3.66. The fraction of sp³-hybridized carbons (Fsp3) is 0.450. The second-order valence-electron chi connectivity index (χ2n) is 14.3. The molecule has 2 aromatic carbocycles. The number of methoxy groups -OCH3 is 1. The standard InChI is InChI=1S/C40H48N4O5S/c1-25(2)43-16-15-34(40(46)42-17-19-49-20-18-42)37(43)30-21-29-22-31(48-5)12-14-32(29)38-36(27-9-7-6-8-10-27)33-13-11-28(23-35(33)44(38)24-30)39(45)41-50(47)26(3)4/h11-16,21-23,25-27H,6-10,17-20,24H2,1-5H3,(H,41,45). The van der Waals surface area contributed by atoms with Crippen LogP contribution in [0.15, 0.2) is 48.7 Å². The van der Waals surface area contributed by atoms with E-state index in [0.29, 0.717) is 49.9 Å². The smallest absolute Gasteiger partial charge is 0.263 e. The van der Waals surface area contributed by atoms with E-state index in [1.165, 1.54) is 24.8 Å². The number of carbonyl (C=O) groups is 2. The number of aromatic nitrogens is 2. The predicted molar refractivity (Wildman–Crippen MR) is 200 cm³/mol. The molecule has 2 aromatic heterocycles. The third kappa shape index (κ3) is 6.32. The Hall–Kier alpha value is -4.15. The summed E-state index contributed by atoms with van der Waals surface area (Å²) in [6, 6.07) is 14.3. The lowest BCUT2D eigenvalue weighted by Crippen LogP contribution is -2.41. The molecule has 3 aliphatic rings. The number of carbonyl (C=O) groups excluding carboxylic acids is 2. The van der Waals surface area contributed by atoms with Gasteiger partial charge in [0.2, 0.25) is 0 Å². The lowest BCUT2D eigenvalue weighted by atomic mass is 9.81. The van der Waals surface area contributed by atoms with Crippen molar-refractivity contribution in [2.45, 2.75) is 83.6 Å². The van der Waals surface area contributed by atoms with Crippen LogP contribution in [-0.4, -0.2) is 68.7 Å². The summed E-state index contributed by atoms with van der Waals surface area (Å²) in [5.41, 5.74) is 8.64. The summed E-state index contributed by atoms with van der Waals surface area (Å²) in [4.78, 5) is 29.5. The highest BCUT2D eigenvalue weighted by atomic mass is 32.2. The molecule has 2 fully saturated rings. The van der Waals surface area contributed by atoms with E-state index in [4.69, 9.17) is 9.47 Å². The molecule has 2 aliphatic heterocycles. The number of rotatable bonds is 8. The van der Waals surface area contributed by atoms with Crippen molar-refractivity contribution in [3.05, 3.63) is 76.6 Å². The van der Waals surface area contributed by atoms with Crippen molar-refractivity contribution in [3.63, 3.8) is 0 Å². The van der Waals surface area contributed by atoms with Crippen molar-refractivity contribution in [3.8, 4) is 17.0 Å². The van der Waals surface area contributed by atoms with Gasteiger partial charge in [-0.05, 0) is 106 Å². The van der Waals surface area contributed by atoms with Gasteiger partial charge in [-0.25, -0.2) is 4.21 Å². The van der Waals surface area contributed by atoms with E-state index < -0.39 is 11.0 Å². The summed E-state index contributed by atoms with van der Waals surface area (Å²) in [7, 11) is 0.201. The molecule has 1 N–H and O–H groups in total. The molecule has 4 heterocycles. The number of nitrogens with one attached hydrogen (secondary N) is 1. The highest BCUT2D eigenvalue weighted by Crippen LogP contribution is 2.48. The second-order valence-corrected chi connectivity index (χ2v) is 16.0. The van der Waals surface area contributed by atoms with Gasteiger partial charge in [0.1, 0.15) is 16.7 Å². The Bertz CT molecular complexity index is 1990. The lowest BCUT2D eigenvalue weighted by Gasteiger charge is -2.27. The number of amides is 2. The molecule has 1 atom stereocenters. The van der Waals surface area contributed by atoms with Crippen LogP contribution in [0, 0.1) is 0 Å². The number of fused-ring (bicyclic) bond motifs is 5. The molecular weight excluding hydrogens is 649 g/mol. The molecule has 1 saturated heterocycles. The Morgan fingerprint density at radius 3 is 2.42 bits per heavy atom. The zero-order valence-corrected chi connectivity index (χ0v) is 30.6. The number of hydrogen-bond donors (Lipinski definition) is 1. The molecule has 9 nitrogen and oxygen atoms in total. The number of benzene rings is 2. The van der Waals surface area contributed by atoms with E-state index in [1.807, 2.05) is 49.2 Å². The lowest BCUT2D eigenvalue weighted by molar-refractivity contribution is 0.0302. The van der Waals surface area contributed by atoms with Gasteiger partial charge in [0.05, 0.1) is 43.8 Å². The van der Waals surface area contributed by atoms with E-state index in [2.05, 4.69) is 52.0 Å². The first-order valence-electron chi connectivity index (χ1n) is 18.0. The van der Waals surface area contributed by atoms with E-state index in [9.17, 15) is 13.8 Å². The van der Waals surface area contributed by atoms with Gasteiger partial charge in [-0.15, -0.1) is 0 Å². The maximum atomic E-state index is 14.2. The summed E-state index contributed by atoms with van der Waals surface area (Å²) in [5, 5.41) is 0.943. The van der Waals surface area contributed by atoms with Crippen molar-refractivity contribution in [1.29, 1.82) is 0 Å². The molecule has 0 radical (unpaired) electrons. The van der Waals surface area contributed by atoms with Crippen LogP contribution in [-0.2, 0) is 22.3 Å². The van der Waals surface area contributed by atoms with Gasteiger partial charge < -0.3 is 23.5 Å². The Labute approximate surface area is 297 Å². The maximum Gasteiger partial charge on any atom is 0.263 e. The van der Waals surface area contributed by atoms with Gasteiger partial charge in [-0.1, -0.05) is 25.3 Å². The number of morpholine rings is 1. The molecule has 2 amide bonds. The highest BCUT2D eigenvalue weighted by Gasteiger charge is 2.32. The van der Waals surface area contributed by atoms with Gasteiger partial charge in [0.25, 0.3) is 11.8 Å². The molecule has 0 bridgehead atoms. The third-order valence-corrected chi connectivity index (χ3v) is 11.7. The van der Waals surface area contributed by atoms with Crippen LogP contribution in [0.3, 0.4) is 0 Å². The molecule has 1 saturated carbocycles. The topological polar surface area (TPSA) is 94.8 Å². The zero-order valence-electron chi connectivity index (χ0n) is 29.8. The summed E-state index contributed by atoms with van der Waals surface area (Å²) in [6.45, 7) is 10.6. The van der Waals surface area contributed by atoms with Crippen molar-refractivity contribution in [1.82, 2.24) is 18.8 Å². The van der Waals surface area contributed by atoms with Gasteiger partial charge >= 0.3 is 0 Å². The minimum atomic E-state index is -1.49. The van der Waals surface area contributed by atoms with Crippen LogP contribution in [0.4, 0.5) is 0 Å². The normalized spacial score (nSPS) is 17.3. The Balaban J connectivity index is 1.47. The average molecular weight is 697 g/mol. The first kappa shape index (κ1) is 34.3. The van der Waals surface area contributed by atoms with E-state index in [1.54, 1.807) is 7.11 Å². The van der Waals surface area contributed by atoms with E-state index in [0.717, 1.165) is 57.6 Å². The minimum Gasteiger partial charge on any atom is -0.497 e. The highest BCUT2D eigenvalue weighted by molar-refractivity contribution is 7.84. The van der Waals surface area contributed by atoms with Crippen LogP contribution in [0.5, 0.6) is 5.75 Å².